The van der Waals surface area contributed by atoms with Gasteiger partial charge in [0.2, 0.25) is 0 Å². The molecule has 0 spiro atoms. The first-order valence-electron chi connectivity index (χ1n) is 6.33. The average molecular weight is 193 g/mol. The molecule has 0 unspecified atom stereocenters. The van der Waals surface area contributed by atoms with E-state index in [1.54, 1.807) is 0 Å². The van der Waals surface area contributed by atoms with Crippen LogP contribution in [0.2, 0.25) is 0 Å². The van der Waals surface area contributed by atoms with Crippen molar-refractivity contribution in [2.45, 2.75) is 57.4 Å². The van der Waals surface area contributed by atoms with E-state index in [9.17, 15) is 0 Å². The van der Waals surface area contributed by atoms with Crippen LogP contribution in [0.1, 0.15) is 51.4 Å². The summed E-state index contributed by atoms with van der Waals surface area (Å²) in [5.41, 5.74) is 0. The van der Waals surface area contributed by atoms with Crippen LogP contribution in [0.4, 0.5) is 0 Å². The molecule has 1 N–H and O–H groups in total. The second kappa shape index (κ2) is 5.55. The second-order valence-electron chi connectivity index (χ2n) is 4.91. The highest BCUT2D eigenvalue weighted by Crippen LogP contribution is 2.22. The molecule has 0 radical (unpaired) electrons. The zero-order chi connectivity index (χ0) is 9.64. The van der Waals surface area contributed by atoms with E-state index in [1.165, 1.54) is 57.9 Å². The van der Waals surface area contributed by atoms with E-state index in [2.05, 4.69) is 17.5 Å². The van der Waals surface area contributed by atoms with Gasteiger partial charge >= 0.3 is 0 Å². The third-order valence-corrected chi connectivity index (χ3v) is 3.68. The Balaban J connectivity index is 1.63. The molecule has 1 heteroatoms. The van der Waals surface area contributed by atoms with E-state index in [0.29, 0.717) is 0 Å². The van der Waals surface area contributed by atoms with Crippen LogP contribution in [-0.2, 0) is 0 Å². The molecule has 1 nitrogen and oxygen atoms in total. The van der Waals surface area contributed by atoms with E-state index in [-0.39, 0.29) is 0 Å². The predicted octanol–water partition coefficient (Wildman–Crippen LogP) is 3.27. The summed E-state index contributed by atoms with van der Waals surface area (Å²) in [6.45, 7) is 1.27. The van der Waals surface area contributed by atoms with Gasteiger partial charge in [-0.1, -0.05) is 37.8 Å². The lowest BCUT2D eigenvalue weighted by molar-refractivity contribution is 0.396. The summed E-state index contributed by atoms with van der Waals surface area (Å²) in [5.74, 6) is 0.970. The van der Waals surface area contributed by atoms with Crippen LogP contribution in [0.25, 0.3) is 0 Å². The quantitative estimate of drug-likeness (QED) is 0.536. The average Bonchev–Trinajstić information content (AvgIpc) is 2.58. The van der Waals surface area contributed by atoms with Crippen molar-refractivity contribution in [1.29, 1.82) is 0 Å². The predicted molar refractivity (Wildman–Crippen MR) is 61.4 cm³/mol. The van der Waals surface area contributed by atoms with Gasteiger partial charge in [-0.15, -0.1) is 0 Å². The van der Waals surface area contributed by atoms with Crippen molar-refractivity contribution in [3.8, 4) is 0 Å². The first-order valence-corrected chi connectivity index (χ1v) is 6.33. The van der Waals surface area contributed by atoms with Crippen LogP contribution < -0.4 is 5.32 Å². The molecule has 0 atom stereocenters. The zero-order valence-electron chi connectivity index (χ0n) is 9.17. The van der Waals surface area contributed by atoms with Gasteiger partial charge in [-0.05, 0) is 38.1 Å². The molecule has 14 heavy (non-hydrogen) atoms. The zero-order valence-corrected chi connectivity index (χ0v) is 9.17. The smallest absolute Gasteiger partial charge is 0.0136 e. The Morgan fingerprint density at radius 1 is 0.929 bits per heavy atom. The lowest BCUT2D eigenvalue weighted by Crippen LogP contribution is -2.31. The largest absolute Gasteiger partial charge is 0.313 e. The van der Waals surface area contributed by atoms with Gasteiger partial charge in [-0.25, -0.2) is 0 Å². The molecule has 0 aromatic heterocycles. The van der Waals surface area contributed by atoms with Gasteiger partial charge in [0, 0.05) is 6.04 Å². The van der Waals surface area contributed by atoms with E-state index in [1.807, 2.05) is 0 Å². The highest BCUT2D eigenvalue weighted by Gasteiger charge is 2.15. The van der Waals surface area contributed by atoms with Gasteiger partial charge in [-0.3, -0.25) is 0 Å². The summed E-state index contributed by atoms with van der Waals surface area (Å²) in [5, 5.41) is 3.72. The molecule has 2 aliphatic carbocycles. The Labute approximate surface area is 88.0 Å². The maximum absolute atomic E-state index is 3.72. The Hall–Kier alpha value is -0.300. The Morgan fingerprint density at radius 2 is 1.57 bits per heavy atom. The minimum Gasteiger partial charge on any atom is -0.313 e. The highest BCUT2D eigenvalue weighted by molar-refractivity contribution is 4.97. The molecule has 2 aliphatic rings. The fourth-order valence-corrected chi connectivity index (χ4v) is 2.69. The van der Waals surface area contributed by atoms with E-state index in [4.69, 9.17) is 0 Å². The molecule has 0 heterocycles. The van der Waals surface area contributed by atoms with Crippen molar-refractivity contribution in [1.82, 2.24) is 5.32 Å². The van der Waals surface area contributed by atoms with Crippen LogP contribution in [0.5, 0.6) is 0 Å². The third-order valence-electron chi connectivity index (χ3n) is 3.68. The molecule has 1 saturated carbocycles. The highest BCUT2D eigenvalue weighted by atomic mass is 14.9. The Kier molecular flexibility index (Phi) is 4.05. The number of hydrogen-bond donors (Lipinski definition) is 1. The number of rotatable bonds is 3. The van der Waals surface area contributed by atoms with Crippen LogP contribution in [0, 0.1) is 5.92 Å². The number of nitrogens with one attached hydrogen (secondary N) is 1. The van der Waals surface area contributed by atoms with E-state index >= 15 is 0 Å². The van der Waals surface area contributed by atoms with Crippen molar-refractivity contribution in [3.05, 3.63) is 12.2 Å². The fraction of sp³-hybridized carbons (Fsp3) is 0.846. The topological polar surface area (TPSA) is 12.0 Å². The summed E-state index contributed by atoms with van der Waals surface area (Å²) in [6, 6.07) is 0.762. The second-order valence-corrected chi connectivity index (χ2v) is 4.91. The van der Waals surface area contributed by atoms with Gasteiger partial charge < -0.3 is 5.32 Å². The summed E-state index contributed by atoms with van der Waals surface area (Å²) < 4.78 is 0. The lowest BCUT2D eigenvalue weighted by Gasteiger charge is -2.18. The molecule has 0 aliphatic heterocycles. The first kappa shape index (κ1) is 10.2. The molecule has 2 rings (SSSR count). The van der Waals surface area contributed by atoms with Gasteiger partial charge in [-0.2, -0.15) is 0 Å². The SMILES string of the molecule is C1=CCC(NCC2CCCCCC2)C1. The standard InChI is InChI=1S/C13H23N/c1-2-4-8-12(7-3-1)11-14-13-9-5-6-10-13/h5-6,12-14H,1-4,7-11H2. The molecular weight excluding hydrogens is 170 g/mol. The summed E-state index contributed by atoms with van der Waals surface area (Å²) in [6.07, 6.45) is 15.9. The molecule has 1 fully saturated rings. The van der Waals surface area contributed by atoms with Crippen molar-refractivity contribution >= 4 is 0 Å². The molecule has 0 amide bonds. The Morgan fingerprint density at radius 3 is 2.21 bits per heavy atom. The fourth-order valence-electron chi connectivity index (χ4n) is 2.69. The first-order chi connectivity index (χ1) is 6.95. The lowest BCUT2D eigenvalue weighted by atomic mass is 10.00. The van der Waals surface area contributed by atoms with Gasteiger partial charge in [0.15, 0.2) is 0 Å². The van der Waals surface area contributed by atoms with Gasteiger partial charge in [0.1, 0.15) is 0 Å². The van der Waals surface area contributed by atoms with Crippen LogP contribution in [-0.4, -0.2) is 12.6 Å². The molecule has 0 aromatic carbocycles. The number of hydrogen-bond acceptors (Lipinski definition) is 1. The van der Waals surface area contributed by atoms with Crippen molar-refractivity contribution in [3.63, 3.8) is 0 Å². The summed E-state index contributed by atoms with van der Waals surface area (Å²) in [4.78, 5) is 0. The van der Waals surface area contributed by atoms with Gasteiger partial charge in [0.25, 0.3) is 0 Å². The van der Waals surface area contributed by atoms with Crippen molar-refractivity contribution in [2.24, 2.45) is 5.92 Å². The molecule has 80 valence electrons. The molecule has 0 bridgehead atoms. The van der Waals surface area contributed by atoms with Crippen molar-refractivity contribution in [2.75, 3.05) is 6.54 Å². The third kappa shape index (κ3) is 3.13. The normalized spacial score (nSPS) is 25.4. The maximum atomic E-state index is 3.72. The summed E-state index contributed by atoms with van der Waals surface area (Å²) in [7, 11) is 0. The molecule has 0 aromatic rings. The van der Waals surface area contributed by atoms with Gasteiger partial charge in [0.05, 0.1) is 0 Å². The minimum absolute atomic E-state index is 0.762. The molecule has 0 saturated heterocycles. The van der Waals surface area contributed by atoms with Crippen molar-refractivity contribution < 1.29 is 0 Å². The molecular formula is C13H23N. The van der Waals surface area contributed by atoms with Crippen LogP contribution >= 0.6 is 0 Å². The monoisotopic (exact) mass is 193 g/mol. The minimum atomic E-state index is 0.762. The van der Waals surface area contributed by atoms with Crippen LogP contribution in [0.3, 0.4) is 0 Å². The Bertz CT molecular complexity index is 170. The van der Waals surface area contributed by atoms with E-state index < -0.39 is 0 Å². The van der Waals surface area contributed by atoms with Crippen LogP contribution in [0.15, 0.2) is 12.2 Å². The maximum Gasteiger partial charge on any atom is 0.0136 e. The summed E-state index contributed by atoms with van der Waals surface area (Å²) >= 11 is 0. The van der Waals surface area contributed by atoms with E-state index in [0.717, 1.165) is 12.0 Å².